The van der Waals surface area contributed by atoms with Crippen molar-refractivity contribution >= 4 is 24.0 Å². The maximum absolute atomic E-state index is 12.4. The largest absolute Gasteiger partial charge is 0.399 e. The highest BCUT2D eigenvalue weighted by Gasteiger charge is 2.28. The van der Waals surface area contributed by atoms with Crippen molar-refractivity contribution in [2.75, 3.05) is 18.8 Å². The first kappa shape index (κ1) is 19.3. The van der Waals surface area contributed by atoms with Gasteiger partial charge in [-0.25, -0.2) is 0 Å². The third kappa shape index (κ3) is 5.21. The number of nitrogen functional groups attached to an aromatic ring is 1. The first-order valence-corrected chi connectivity index (χ1v) is 8.54. The monoisotopic (exact) mass is 359 g/mol. The van der Waals surface area contributed by atoms with Gasteiger partial charge in [0.05, 0.1) is 0 Å². The number of nitrogens with two attached hydrogens (primary N) is 1. The minimum Gasteiger partial charge on any atom is -0.399 e. The molecule has 0 aromatic heterocycles. The van der Waals surface area contributed by atoms with E-state index in [1.54, 1.807) is 18.2 Å². The summed E-state index contributed by atoms with van der Waals surface area (Å²) in [6.07, 6.45) is 1.12. The summed E-state index contributed by atoms with van der Waals surface area (Å²) in [5.41, 5.74) is 8.34. The van der Waals surface area contributed by atoms with Crippen molar-refractivity contribution in [1.82, 2.24) is 10.2 Å². The van der Waals surface area contributed by atoms with Crippen LogP contribution >= 0.6 is 12.4 Å². The van der Waals surface area contributed by atoms with Crippen molar-refractivity contribution in [3.05, 3.63) is 65.7 Å². The number of amides is 1. The number of hydrogen-bond donors (Lipinski definition) is 2. The zero-order chi connectivity index (χ0) is 16.9. The number of nitrogens with zero attached hydrogens (tertiary/aromatic N) is 1. The number of benzene rings is 2. The molecular weight excluding hydrogens is 334 g/mol. The molecule has 5 heteroatoms. The van der Waals surface area contributed by atoms with E-state index in [-0.39, 0.29) is 24.4 Å². The van der Waals surface area contributed by atoms with Crippen LogP contribution in [0.4, 0.5) is 5.69 Å². The Morgan fingerprint density at radius 2 is 2.00 bits per heavy atom. The second-order valence-corrected chi connectivity index (χ2v) is 6.66. The van der Waals surface area contributed by atoms with Crippen molar-refractivity contribution in [2.45, 2.75) is 25.9 Å². The van der Waals surface area contributed by atoms with Gasteiger partial charge in [-0.05, 0) is 49.6 Å². The van der Waals surface area contributed by atoms with Crippen molar-refractivity contribution in [2.24, 2.45) is 5.92 Å². The first-order chi connectivity index (χ1) is 11.6. The zero-order valence-corrected chi connectivity index (χ0v) is 15.3. The lowest BCUT2D eigenvalue weighted by Gasteiger charge is -2.22. The predicted molar refractivity (Wildman–Crippen MR) is 105 cm³/mol. The van der Waals surface area contributed by atoms with Crippen LogP contribution in [0.3, 0.4) is 0 Å². The molecule has 25 heavy (non-hydrogen) atoms. The van der Waals surface area contributed by atoms with Crippen LogP contribution in [0.15, 0.2) is 54.6 Å². The smallest absolute Gasteiger partial charge is 0.251 e. The lowest BCUT2D eigenvalue weighted by Crippen LogP contribution is -2.39. The summed E-state index contributed by atoms with van der Waals surface area (Å²) < 4.78 is 0. The molecule has 3 N–H and O–H groups in total. The van der Waals surface area contributed by atoms with Gasteiger partial charge in [0.1, 0.15) is 0 Å². The number of halogens is 1. The van der Waals surface area contributed by atoms with Crippen LogP contribution in [0.25, 0.3) is 0 Å². The molecule has 0 radical (unpaired) electrons. The minimum atomic E-state index is -0.0451. The van der Waals surface area contributed by atoms with E-state index in [4.69, 9.17) is 5.73 Å². The Labute approximate surface area is 155 Å². The van der Waals surface area contributed by atoms with Crippen LogP contribution in [-0.4, -0.2) is 29.9 Å². The van der Waals surface area contributed by atoms with E-state index in [0.29, 0.717) is 17.2 Å². The standard InChI is InChI=1S/C20H25N3O.ClH/c1-15(22-20(24)17-8-5-9-19(21)12-17)18-10-11-23(14-18)13-16-6-3-2-4-7-16;/h2-9,12,15,18H,10-11,13-14,21H2,1H3,(H,22,24);1H. The van der Waals surface area contributed by atoms with E-state index in [0.717, 1.165) is 26.1 Å². The molecule has 2 atom stereocenters. The van der Waals surface area contributed by atoms with Crippen LogP contribution in [0, 0.1) is 5.92 Å². The second kappa shape index (κ2) is 8.88. The van der Waals surface area contributed by atoms with E-state index >= 15 is 0 Å². The Morgan fingerprint density at radius 3 is 2.72 bits per heavy atom. The van der Waals surface area contributed by atoms with E-state index in [1.165, 1.54) is 5.56 Å². The summed E-state index contributed by atoms with van der Waals surface area (Å²) in [4.78, 5) is 14.8. The van der Waals surface area contributed by atoms with E-state index in [1.807, 2.05) is 12.1 Å². The molecule has 2 aromatic carbocycles. The normalized spacial score (nSPS) is 18.4. The SMILES string of the molecule is CC(NC(=O)c1cccc(N)c1)C1CCN(Cc2ccccc2)C1.Cl. The topological polar surface area (TPSA) is 58.4 Å². The number of likely N-dealkylation sites (tertiary alicyclic amines) is 1. The average molecular weight is 360 g/mol. The van der Waals surface area contributed by atoms with Crippen molar-refractivity contribution < 1.29 is 4.79 Å². The Hall–Kier alpha value is -2.04. The lowest BCUT2D eigenvalue weighted by atomic mass is 10.00. The van der Waals surface area contributed by atoms with Crippen LogP contribution in [0.1, 0.15) is 29.3 Å². The van der Waals surface area contributed by atoms with E-state index in [2.05, 4.69) is 41.4 Å². The number of carbonyl (C=O) groups excluding carboxylic acids is 1. The van der Waals surface area contributed by atoms with Crippen molar-refractivity contribution in [1.29, 1.82) is 0 Å². The van der Waals surface area contributed by atoms with Crippen LogP contribution in [0.2, 0.25) is 0 Å². The van der Waals surface area contributed by atoms with Crippen LogP contribution < -0.4 is 11.1 Å². The fourth-order valence-electron chi connectivity index (χ4n) is 3.34. The first-order valence-electron chi connectivity index (χ1n) is 8.54. The van der Waals surface area contributed by atoms with Gasteiger partial charge in [-0.15, -0.1) is 12.4 Å². The van der Waals surface area contributed by atoms with Crippen molar-refractivity contribution in [3.63, 3.8) is 0 Å². The number of anilines is 1. The van der Waals surface area contributed by atoms with Gasteiger partial charge < -0.3 is 11.1 Å². The van der Waals surface area contributed by atoms with Gasteiger partial charge in [0.2, 0.25) is 0 Å². The molecule has 1 aliphatic heterocycles. The molecule has 1 aliphatic rings. The predicted octanol–water partition coefficient (Wildman–Crippen LogP) is 3.33. The van der Waals surface area contributed by atoms with Crippen LogP contribution in [0.5, 0.6) is 0 Å². The van der Waals surface area contributed by atoms with Gasteiger partial charge in [0, 0.05) is 30.4 Å². The third-order valence-electron chi connectivity index (χ3n) is 4.77. The highest BCUT2D eigenvalue weighted by atomic mass is 35.5. The van der Waals surface area contributed by atoms with E-state index < -0.39 is 0 Å². The maximum atomic E-state index is 12.4. The lowest BCUT2D eigenvalue weighted by molar-refractivity contribution is 0.0927. The zero-order valence-electron chi connectivity index (χ0n) is 14.5. The summed E-state index contributed by atoms with van der Waals surface area (Å²) in [5.74, 6) is 0.440. The minimum absolute atomic E-state index is 0. The third-order valence-corrected chi connectivity index (χ3v) is 4.77. The molecule has 1 saturated heterocycles. The Kier molecular flexibility index (Phi) is 6.85. The summed E-state index contributed by atoms with van der Waals surface area (Å²) in [7, 11) is 0. The molecule has 3 rings (SSSR count). The van der Waals surface area contributed by atoms with Gasteiger partial charge in [-0.3, -0.25) is 9.69 Å². The van der Waals surface area contributed by atoms with E-state index in [9.17, 15) is 4.79 Å². The summed E-state index contributed by atoms with van der Waals surface area (Å²) in [6, 6.07) is 17.8. The molecular formula is C20H26ClN3O. The molecule has 1 heterocycles. The highest BCUT2D eigenvalue weighted by Crippen LogP contribution is 2.22. The average Bonchev–Trinajstić information content (AvgIpc) is 3.04. The Bertz CT molecular complexity index is 692. The number of rotatable bonds is 5. The maximum Gasteiger partial charge on any atom is 0.251 e. The van der Waals surface area contributed by atoms with Gasteiger partial charge in [-0.1, -0.05) is 36.4 Å². The molecule has 1 amide bonds. The molecule has 134 valence electrons. The Morgan fingerprint density at radius 1 is 1.24 bits per heavy atom. The van der Waals surface area contributed by atoms with Gasteiger partial charge in [0.25, 0.3) is 5.91 Å². The molecule has 0 bridgehead atoms. The molecule has 4 nitrogen and oxygen atoms in total. The highest BCUT2D eigenvalue weighted by molar-refractivity contribution is 5.95. The number of nitrogens with one attached hydrogen (secondary N) is 1. The molecule has 0 spiro atoms. The molecule has 2 unspecified atom stereocenters. The van der Waals surface area contributed by atoms with Crippen LogP contribution in [-0.2, 0) is 6.54 Å². The summed E-state index contributed by atoms with van der Waals surface area (Å²) in [5, 5.41) is 3.13. The fourth-order valence-corrected chi connectivity index (χ4v) is 3.34. The molecule has 2 aromatic rings. The molecule has 0 saturated carbocycles. The second-order valence-electron chi connectivity index (χ2n) is 6.66. The number of carbonyl (C=O) groups is 1. The van der Waals surface area contributed by atoms with Gasteiger partial charge >= 0.3 is 0 Å². The summed E-state index contributed by atoms with van der Waals surface area (Å²) >= 11 is 0. The fraction of sp³-hybridized carbons (Fsp3) is 0.350. The summed E-state index contributed by atoms with van der Waals surface area (Å²) in [6.45, 7) is 5.18. The quantitative estimate of drug-likeness (QED) is 0.805. The van der Waals surface area contributed by atoms with Crippen molar-refractivity contribution in [3.8, 4) is 0 Å². The van der Waals surface area contributed by atoms with Gasteiger partial charge in [0.15, 0.2) is 0 Å². The molecule has 0 aliphatic carbocycles. The Balaban J connectivity index is 0.00000225. The van der Waals surface area contributed by atoms with Gasteiger partial charge in [-0.2, -0.15) is 0 Å². The number of hydrogen-bond acceptors (Lipinski definition) is 3. The molecule has 1 fully saturated rings.